The molecule has 0 saturated heterocycles. The first-order valence-electron chi connectivity index (χ1n) is 8.05. The molecule has 1 N–H and O–H groups in total. The van der Waals surface area contributed by atoms with Crippen LogP contribution in [0.3, 0.4) is 0 Å². The monoisotopic (exact) mass is 275 g/mol. The second-order valence-electron chi connectivity index (χ2n) is 5.46. The minimum Gasteiger partial charge on any atom is -0.507 e. The van der Waals surface area contributed by atoms with Crippen LogP contribution >= 0.6 is 0 Å². The van der Waals surface area contributed by atoms with Crippen LogP contribution in [0.2, 0.25) is 0 Å². The van der Waals surface area contributed by atoms with E-state index in [1.54, 1.807) is 6.07 Å². The first-order chi connectivity index (χ1) is 9.75. The Bertz CT molecular complexity index is 398. The van der Waals surface area contributed by atoms with E-state index in [0.29, 0.717) is 5.75 Å². The van der Waals surface area contributed by atoms with E-state index in [0.717, 1.165) is 24.2 Å². The molecule has 112 valence electrons. The van der Waals surface area contributed by atoms with Crippen molar-refractivity contribution in [3.05, 3.63) is 29.8 Å². The van der Waals surface area contributed by atoms with Crippen LogP contribution in [0.4, 0.5) is 0 Å². The second-order valence-corrected chi connectivity index (χ2v) is 5.46. The predicted molar refractivity (Wildman–Crippen MR) is 87.8 cm³/mol. The number of hydrogen-bond donors (Lipinski definition) is 1. The van der Waals surface area contributed by atoms with Gasteiger partial charge < -0.3 is 5.11 Å². The maximum absolute atomic E-state index is 9.74. The van der Waals surface area contributed by atoms with Gasteiger partial charge in [0.25, 0.3) is 0 Å². The highest BCUT2D eigenvalue weighted by Gasteiger charge is 2.02. The third-order valence-electron chi connectivity index (χ3n) is 3.65. The van der Waals surface area contributed by atoms with Crippen molar-refractivity contribution in [1.29, 1.82) is 0 Å². The van der Waals surface area contributed by atoms with Crippen LogP contribution in [0, 0.1) is 0 Å². The topological polar surface area (TPSA) is 32.6 Å². The van der Waals surface area contributed by atoms with Crippen molar-refractivity contribution in [2.24, 2.45) is 4.99 Å². The minimum atomic E-state index is 0.324. The van der Waals surface area contributed by atoms with Gasteiger partial charge in [0, 0.05) is 17.8 Å². The van der Waals surface area contributed by atoms with Gasteiger partial charge in [0.05, 0.1) is 0 Å². The Hall–Kier alpha value is -1.31. The van der Waals surface area contributed by atoms with Crippen molar-refractivity contribution in [2.75, 3.05) is 6.54 Å². The summed E-state index contributed by atoms with van der Waals surface area (Å²) in [5, 5.41) is 9.74. The van der Waals surface area contributed by atoms with E-state index in [2.05, 4.69) is 11.9 Å². The number of phenols is 1. The Morgan fingerprint density at radius 1 is 0.950 bits per heavy atom. The SMILES string of the molecule is CCCCCCCCCCN=C(C)c1ccccc1O. The van der Waals surface area contributed by atoms with Gasteiger partial charge in [0.15, 0.2) is 0 Å². The summed E-state index contributed by atoms with van der Waals surface area (Å²) in [4.78, 5) is 4.56. The van der Waals surface area contributed by atoms with Crippen molar-refractivity contribution in [1.82, 2.24) is 0 Å². The van der Waals surface area contributed by atoms with Crippen molar-refractivity contribution < 1.29 is 5.11 Å². The molecule has 2 heteroatoms. The summed E-state index contributed by atoms with van der Waals surface area (Å²) in [6.45, 7) is 5.10. The molecule has 0 aromatic heterocycles. The van der Waals surface area contributed by atoms with Gasteiger partial charge in [-0.05, 0) is 25.5 Å². The van der Waals surface area contributed by atoms with E-state index in [9.17, 15) is 5.11 Å². The highest BCUT2D eigenvalue weighted by Crippen LogP contribution is 2.16. The summed E-state index contributed by atoms with van der Waals surface area (Å²) in [7, 11) is 0. The minimum absolute atomic E-state index is 0.324. The predicted octanol–water partition coefficient (Wildman–Crippen LogP) is 5.34. The zero-order valence-electron chi connectivity index (χ0n) is 13.1. The highest BCUT2D eigenvalue weighted by molar-refractivity contribution is 6.00. The molecule has 0 aliphatic heterocycles. The molecular weight excluding hydrogens is 246 g/mol. The van der Waals surface area contributed by atoms with Gasteiger partial charge in [-0.2, -0.15) is 0 Å². The zero-order valence-corrected chi connectivity index (χ0v) is 13.1. The van der Waals surface area contributed by atoms with Crippen LogP contribution in [0.5, 0.6) is 5.75 Å². The Morgan fingerprint density at radius 2 is 1.55 bits per heavy atom. The lowest BCUT2D eigenvalue weighted by molar-refractivity contribution is 0.474. The van der Waals surface area contributed by atoms with Gasteiger partial charge >= 0.3 is 0 Å². The van der Waals surface area contributed by atoms with Crippen molar-refractivity contribution in [2.45, 2.75) is 65.2 Å². The number of rotatable bonds is 10. The molecule has 2 nitrogen and oxygen atoms in total. The number of aliphatic imine (C=N–C) groups is 1. The summed E-state index contributed by atoms with van der Waals surface area (Å²) in [5.74, 6) is 0.324. The van der Waals surface area contributed by atoms with E-state index in [-0.39, 0.29) is 0 Å². The molecule has 1 aromatic carbocycles. The number of benzene rings is 1. The van der Waals surface area contributed by atoms with Crippen LogP contribution < -0.4 is 0 Å². The van der Waals surface area contributed by atoms with Gasteiger partial charge in [0.2, 0.25) is 0 Å². The lowest BCUT2D eigenvalue weighted by atomic mass is 10.1. The number of unbranched alkanes of at least 4 members (excludes halogenated alkanes) is 7. The lowest BCUT2D eigenvalue weighted by Crippen LogP contribution is -1.97. The fourth-order valence-electron chi connectivity index (χ4n) is 2.36. The average Bonchev–Trinajstić information content (AvgIpc) is 2.46. The number of para-hydroxylation sites is 1. The molecule has 0 unspecified atom stereocenters. The fraction of sp³-hybridized carbons (Fsp3) is 0.611. The molecule has 0 atom stereocenters. The summed E-state index contributed by atoms with van der Waals surface area (Å²) in [6.07, 6.45) is 10.6. The van der Waals surface area contributed by atoms with Gasteiger partial charge in [-0.15, -0.1) is 0 Å². The van der Waals surface area contributed by atoms with Gasteiger partial charge in [-0.25, -0.2) is 0 Å². The van der Waals surface area contributed by atoms with E-state index >= 15 is 0 Å². The Kier molecular flexibility index (Phi) is 8.77. The van der Waals surface area contributed by atoms with Crippen LogP contribution in [0.15, 0.2) is 29.3 Å². The maximum Gasteiger partial charge on any atom is 0.124 e. The molecule has 0 bridgehead atoms. The fourth-order valence-corrected chi connectivity index (χ4v) is 2.36. The van der Waals surface area contributed by atoms with Gasteiger partial charge in [-0.3, -0.25) is 4.99 Å². The highest BCUT2D eigenvalue weighted by atomic mass is 16.3. The molecule has 0 heterocycles. The van der Waals surface area contributed by atoms with E-state index in [1.165, 1.54) is 44.9 Å². The molecule has 0 amide bonds. The Labute approximate surface area is 124 Å². The number of aromatic hydroxyl groups is 1. The first kappa shape index (κ1) is 16.7. The first-order valence-corrected chi connectivity index (χ1v) is 8.05. The van der Waals surface area contributed by atoms with Crippen LogP contribution in [-0.4, -0.2) is 17.4 Å². The van der Waals surface area contributed by atoms with Crippen molar-refractivity contribution in [3.63, 3.8) is 0 Å². The summed E-state index contributed by atoms with van der Waals surface area (Å²) in [6, 6.07) is 7.40. The van der Waals surface area contributed by atoms with Gasteiger partial charge in [-0.1, -0.05) is 64.0 Å². The van der Waals surface area contributed by atoms with E-state index < -0.39 is 0 Å². The van der Waals surface area contributed by atoms with Crippen molar-refractivity contribution >= 4 is 5.71 Å². The molecule has 0 fully saturated rings. The summed E-state index contributed by atoms with van der Waals surface area (Å²) in [5.41, 5.74) is 1.79. The molecular formula is C18H29NO. The lowest BCUT2D eigenvalue weighted by Gasteiger charge is -2.04. The molecule has 1 rings (SSSR count). The quantitative estimate of drug-likeness (QED) is 0.453. The molecule has 0 radical (unpaired) electrons. The molecule has 0 aliphatic carbocycles. The average molecular weight is 275 g/mol. The molecule has 0 spiro atoms. The van der Waals surface area contributed by atoms with Crippen molar-refractivity contribution in [3.8, 4) is 5.75 Å². The number of phenolic OH excluding ortho intramolecular Hbond substituents is 1. The number of hydrogen-bond acceptors (Lipinski definition) is 2. The van der Waals surface area contributed by atoms with Gasteiger partial charge in [0.1, 0.15) is 5.75 Å². The molecule has 1 aromatic rings. The second kappa shape index (κ2) is 10.5. The van der Waals surface area contributed by atoms with Crippen LogP contribution in [0.1, 0.15) is 70.8 Å². The Morgan fingerprint density at radius 3 is 2.20 bits per heavy atom. The molecule has 0 aliphatic rings. The number of nitrogens with zero attached hydrogens (tertiary/aromatic N) is 1. The Balaban J connectivity index is 2.14. The summed E-state index contributed by atoms with van der Waals surface area (Å²) < 4.78 is 0. The normalized spacial score (nSPS) is 11.8. The van der Waals surface area contributed by atoms with Crippen LogP contribution in [-0.2, 0) is 0 Å². The van der Waals surface area contributed by atoms with E-state index in [1.807, 2.05) is 25.1 Å². The smallest absolute Gasteiger partial charge is 0.124 e. The zero-order chi connectivity index (χ0) is 14.6. The third-order valence-corrected chi connectivity index (χ3v) is 3.65. The molecule has 0 saturated carbocycles. The standard InChI is InChI=1S/C18H29NO/c1-3-4-5-6-7-8-9-12-15-19-16(2)17-13-10-11-14-18(17)20/h10-11,13-14,20H,3-9,12,15H2,1-2H3. The third kappa shape index (κ3) is 6.74. The molecule has 20 heavy (non-hydrogen) atoms. The largest absolute Gasteiger partial charge is 0.507 e. The maximum atomic E-state index is 9.74. The van der Waals surface area contributed by atoms with Crippen LogP contribution in [0.25, 0.3) is 0 Å². The van der Waals surface area contributed by atoms with E-state index in [4.69, 9.17) is 0 Å². The summed E-state index contributed by atoms with van der Waals surface area (Å²) >= 11 is 0.